The fourth-order valence-corrected chi connectivity index (χ4v) is 4.10. The molecule has 1 saturated carbocycles. The van der Waals surface area contributed by atoms with E-state index in [1.165, 1.54) is 4.90 Å². The van der Waals surface area contributed by atoms with Crippen LogP contribution in [0.15, 0.2) is 16.6 Å². The van der Waals surface area contributed by atoms with Gasteiger partial charge >= 0.3 is 5.97 Å². The zero-order valence-electron chi connectivity index (χ0n) is 11.6. The van der Waals surface area contributed by atoms with Crippen molar-refractivity contribution in [2.24, 2.45) is 11.3 Å². The van der Waals surface area contributed by atoms with Gasteiger partial charge in [0.15, 0.2) is 0 Å². The second-order valence-electron chi connectivity index (χ2n) is 5.98. The summed E-state index contributed by atoms with van der Waals surface area (Å²) >= 11 is 2.96. The highest BCUT2D eigenvalue weighted by Crippen LogP contribution is 2.49. The maximum atomic E-state index is 13.9. The molecule has 1 aliphatic heterocycles. The molecule has 2 atom stereocenters. The SMILES string of the molecule is O=C(c1c(F)cc(Br)cc1F)N1C[C@@H]2CCC[C@@]2(C(=O)O)C1. The van der Waals surface area contributed by atoms with Gasteiger partial charge in [0, 0.05) is 17.6 Å². The molecule has 2 aliphatic rings. The van der Waals surface area contributed by atoms with Crippen LogP contribution in [0.25, 0.3) is 0 Å². The highest BCUT2D eigenvalue weighted by atomic mass is 79.9. The number of carbonyl (C=O) groups excluding carboxylic acids is 1. The van der Waals surface area contributed by atoms with E-state index in [-0.39, 0.29) is 23.5 Å². The van der Waals surface area contributed by atoms with E-state index in [0.29, 0.717) is 6.42 Å². The number of rotatable bonds is 2. The molecule has 1 saturated heterocycles. The van der Waals surface area contributed by atoms with Crippen LogP contribution >= 0.6 is 15.9 Å². The number of carboxylic acid groups (broad SMARTS) is 1. The lowest BCUT2D eigenvalue weighted by Crippen LogP contribution is -2.37. The van der Waals surface area contributed by atoms with Gasteiger partial charge in [0.1, 0.15) is 17.2 Å². The molecule has 3 rings (SSSR count). The molecule has 22 heavy (non-hydrogen) atoms. The summed E-state index contributed by atoms with van der Waals surface area (Å²) in [6.45, 7) is 0.251. The number of nitrogens with zero attached hydrogens (tertiary/aromatic N) is 1. The molecule has 7 heteroatoms. The number of halogens is 3. The summed E-state index contributed by atoms with van der Waals surface area (Å²) in [6.07, 6.45) is 2.03. The van der Waals surface area contributed by atoms with Gasteiger partial charge in [0.2, 0.25) is 0 Å². The summed E-state index contributed by atoms with van der Waals surface area (Å²) in [5, 5.41) is 9.50. The predicted octanol–water partition coefficient (Wildman–Crippen LogP) is 3.05. The van der Waals surface area contributed by atoms with Gasteiger partial charge in [-0.2, -0.15) is 0 Å². The number of carboxylic acids is 1. The Morgan fingerprint density at radius 2 is 1.95 bits per heavy atom. The predicted molar refractivity (Wildman–Crippen MR) is 77.4 cm³/mol. The van der Waals surface area contributed by atoms with E-state index in [0.717, 1.165) is 25.0 Å². The van der Waals surface area contributed by atoms with Crippen LogP contribution in [-0.2, 0) is 4.79 Å². The minimum atomic E-state index is -0.960. The van der Waals surface area contributed by atoms with Crippen molar-refractivity contribution in [3.8, 4) is 0 Å². The van der Waals surface area contributed by atoms with E-state index >= 15 is 0 Å². The summed E-state index contributed by atoms with van der Waals surface area (Å²) in [4.78, 5) is 25.3. The minimum Gasteiger partial charge on any atom is -0.481 e. The van der Waals surface area contributed by atoms with Crippen molar-refractivity contribution in [3.05, 3.63) is 33.8 Å². The van der Waals surface area contributed by atoms with Gasteiger partial charge in [-0.15, -0.1) is 0 Å². The number of carbonyl (C=O) groups is 2. The summed E-state index contributed by atoms with van der Waals surface area (Å²) in [5.74, 6) is -3.74. The number of amides is 1. The Morgan fingerprint density at radius 1 is 1.32 bits per heavy atom. The van der Waals surface area contributed by atoms with Crippen LogP contribution < -0.4 is 0 Å². The Bertz CT molecular complexity index is 643. The topological polar surface area (TPSA) is 57.6 Å². The normalized spacial score (nSPS) is 27.0. The molecule has 0 bridgehead atoms. The minimum absolute atomic E-state index is 0.0147. The Kier molecular flexibility index (Phi) is 3.71. The van der Waals surface area contributed by atoms with Gasteiger partial charge in [-0.3, -0.25) is 9.59 Å². The first-order chi connectivity index (χ1) is 10.3. The van der Waals surface area contributed by atoms with Crippen LogP contribution in [0.4, 0.5) is 8.78 Å². The lowest BCUT2D eigenvalue weighted by Gasteiger charge is -2.23. The second kappa shape index (κ2) is 5.30. The molecule has 1 aromatic carbocycles. The number of hydrogen-bond donors (Lipinski definition) is 1. The Balaban J connectivity index is 1.91. The van der Waals surface area contributed by atoms with Gasteiger partial charge < -0.3 is 10.0 Å². The molecule has 1 aromatic rings. The van der Waals surface area contributed by atoms with Crippen LogP contribution in [0.3, 0.4) is 0 Å². The van der Waals surface area contributed by atoms with E-state index in [2.05, 4.69) is 15.9 Å². The molecule has 0 spiro atoms. The Morgan fingerprint density at radius 3 is 2.50 bits per heavy atom. The quantitative estimate of drug-likeness (QED) is 0.866. The van der Waals surface area contributed by atoms with E-state index in [1.807, 2.05) is 0 Å². The van der Waals surface area contributed by atoms with Gasteiger partial charge in [0.05, 0.1) is 5.41 Å². The first-order valence-electron chi connectivity index (χ1n) is 7.02. The van der Waals surface area contributed by atoms with Gasteiger partial charge in [-0.1, -0.05) is 22.4 Å². The molecular weight excluding hydrogens is 360 g/mol. The first kappa shape index (κ1) is 15.4. The molecule has 4 nitrogen and oxygen atoms in total. The average molecular weight is 374 g/mol. The van der Waals surface area contributed by atoms with Crippen molar-refractivity contribution >= 4 is 27.8 Å². The molecular formula is C15H14BrF2NO3. The van der Waals surface area contributed by atoms with Crippen molar-refractivity contribution in [1.29, 1.82) is 0 Å². The summed E-state index contributed by atoms with van der Waals surface area (Å²) in [7, 11) is 0. The zero-order valence-corrected chi connectivity index (χ0v) is 13.2. The molecule has 0 radical (unpaired) electrons. The van der Waals surface area contributed by atoms with Crippen LogP contribution in [0.1, 0.15) is 29.6 Å². The van der Waals surface area contributed by atoms with Crippen LogP contribution in [0.5, 0.6) is 0 Å². The van der Waals surface area contributed by atoms with Gasteiger partial charge in [0.25, 0.3) is 5.91 Å². The van der Waals surface area contributed by atoms with Crippen molar-refractivity contribution in [2.75, 3.05) is 13.1 Å². The molecule has 118 valence electrons. The van der Waals surface area contributed by atoms with Crippen LogP contribution in [0, 0.1) is 23.0 Å². The molecule has 1 heterocycles. The number of aliphatic carboxylic acids is 1. The van der Waals surface area contributed by atoms with E-state index in [9.17, 15) is 23.5 Å². The number of likely N-dealkylation sites (tertiary alicyclic amines) is 1. The summed E-state index contributed by atoms with van der Waals surface area (Å²) < 4.78 is 28.1. The second-order valence-corrected chi connectivity index (χ2v) is 6.90. The largest absolute Gasteiger partial charge is 0.481 e. The third-order valence-electron chi connectivity index (χ3n) is 4.80. The smallest absolute Gasteiger partial charge is 0.311 e. The highest BCUT2D eigenvalue weighted by molar-refractivity contribution is 9.10. The summed E-state index contributed by atoms with van der Waals surface area (Å²) in [6, 6.07) is 2.06. The number of benzene rings is 1. The molecule has 1 N–H and O–H groups in total. The zero-order chi connectivity index (χ0) is 16.1. The van der Waals surface area contributed by atoms with Crippen molar-refractivity contribution in [2.45, 2.75) is 19.3 Å². The molecule has 2 fully saturated rings. The monoisotopic (exact) mass is 373 g/mol. The third-order valence-corrected chi connectivity index (χ3v) is 5.26. The standard InChI is InChI=1S/C15H14BrF2NO3/c16-9-4-10(17)12(11(18)5-9)13(20)19-6-8-2-1-3-15(8,7-19)14(21)22/h4-5,8H,1-3,6-7H2,(H,21,22)/t8-,15+/m0/s1. The van der Waals surface area contributed by atoms with E-state index in [4.69, 9.17) is 0 Å². The van der Waals surface area contributed by atoms with Gasteiger partial charge in [-0.25, -0.2) is 8.78 Å². The van der Waals surface area contributed by atoms with Crippen LogP contribution in [0.2, 0.25) is 0 Å². The maximum Gasteiger partial charge on any atom is 0.311 e. The molecule has 1 amide bonds. The first-order valence-corrected chi connectivity index (χ1v) is 7.81. The molecule has 0 aromatic heterocycles. The van der Waals surface area contributed by atoms with Gasteiger partial charge in [-0.05, 0) is 30.9 Å². The van der Waals surface area contributed by atoms with Crippen LogP contribution in [-0.4, -0.2) is 35.0 Å². The van der Waals surface area contributed by atoms with E-state index in [1.54, 1.807) is 0 Å². The lowest BCUT2D eigenvalue weighted by molar-refractivity contribution is -0.149. The van der Waals surface area contributed by atoms with Crippen molar-refractivity contribution in [3.63, 3.8) is 0 Å². The van der Waals surface area contributed by atoms with Crippen molar-refractivity contribution < 1.29 is 23.5 Å². The molecule has 0 unspecified atom stereocenters. The Hall–Kier alpha value is -1.50. The fourth-order valence-electron chi connectivity index (χ4n) is 3.70. The van der Waals surface area contributed by atoms with Crippen molar-refractivity contribution in [1.82, 2.24) is 4.90 Å². The average Bonchev–Trinajstić information content (AvgIpc) is 2.94. The Labute approximate surface area is 134 Å². The number of fused-ring (bicyclic) bond motifs is 1. The maximum absolute atomic E-state index is 13.9. The molecule has 1 aliphatic carbocycles. The fraction of sp³-hybridized carbons (Fsp3) is 0.467. The summed E-state index contributed by atoms with van der Waals surface area (Å²) in [5.41, 5.74) is -1.58. The highest BCUT2D eigenvalue weighted by Gasteiger charge is 2.56. The number of hydrogen-bond acceptors (Lipinski definition) is 2. The third kappa shape index (κ3) is 2.22. The van der Waals surface area contributed by atoms with E-state index < -0.39 is 34.5 Å². The lowest BCUT2D eigenvalue weighted by atomic mass is 9.81.